The van der Waals surface area contributed by atoms with Gasteiger partial charge in [-0.3, -0.25) is 0 Å². The van der Waals surface area contributed by atoms with Crippen LogP contribution in [0.5, 0.6) is 17.4 Å². The summed E-state index contributed by atoms with van der Waals surface area (Å²) >= 11 is 0. The predicted molar refractivity (Wildman–Crippen MR) is 163 cm³/mol. The van der Waals surface area contributed by atoms with E-state index in [1.165, 1.54) is 0 Å². The van der Waals surface area contributed by atoms with Gasteiger partial charge in [-0.05, 0) is 78.6 Å². The van der Waals surface area contributed by atoms with Crippen LogP contribution in [0.1, 0.15) is 38.7 Å². The zero-order valence-electron chi connectivity index (χ0n) is 23.9. The molecule has 4 aromatic rings. The van der Waals surface area contributed by atoms with Crippen LogP contribution in [-0.4, -0.2) is 31.0 Å². The van der Waals surface area contributed by atoms with Crippen LogP contribution in [0.4, 0.5) is 10.5 Å². The molecule has 0 aliphatic carbocycles. The van der Waals surface area contributed by atoms with Crippen LogP contribution in [0.15, 0.2) is 84.9 Å². The van der Waals surface area contributed by atoms with Crippen molar-refractivity contribution in [1.82, 2.24) is 10.3 Å². The van der Waals surface area contributed by atoms with Crippen molar-refractivity contribution >= 4 is 11.7 Å². The molecule has 0 atom stereocenters. The molecule has 41 heavy (non-hydrogen) atoms. The number of amides is 2. The minimum Gasteiger partial charge on any atom is -0.478 e. The lowest BCUT2D eigenvalue weighted by Crippen LogP contribution is -2.36. The summed E-state index contributed by atoms with van der Waals surface area (Å²) in [6, 6.07) is 27.7. The third-order valence-corrected chi connectivity index (χ3v) is 7.08. The van der Waals surface area contributed by atoms with Crippen LogP contribution in [-0.2, 0) is 0 Å². The second kappa shape index (κ2) is 12.8. The summed E-state index contributed by atoms with van der Waals surface area (Å²) in [6.45, 7) is 7.73. The Kier molecular flexibility index (Phi) is 8.73. The van der Waals surface area contributed by atoms with Crippen molar-refractivity contribution in [3.05, 3.63) is 90.5 Å². The van der Waals surface area contributed by atoms with Gasteiger partial charge in [-0.15, -0.1) is 0 Å². The van der Waals surface area contributed by atoms with Crippen molar-refractivity contribution < 1.29 is 19.0 Å². The number of aryl methyl sites for hydroxylation is 1. The molecular formula is C34H37N3O4. The molecule has 5 rings (SSSR count). The lowest BCUT2D eigenvalue weighted by molar-refractivity contribution is 0.174. The lowest BCUT2D eigenvalue weighted by atomic mass is 9.87. The summed E-state index contributed by atoms with van der Waals surface area (Å²) in [7, 11) is 0. The number of hydrogen-bond donors (Lipinski definition) is 2. The van der Waals surface area contributed by atoms with Gasteiger partial charge in [-0.25, -0.2) is 9.78 Å². The molecule has 7 heteroatoms. The molecule has 0 bridgehead atoms. The molecule has 1 aliphatic rings. The van der Waals surface area contributed by atoms with Crippen LogP contribution in [0, 0.1) is 12.3 Å². The molecule has 0 fully saturated rings. The first-order chi connectivity index (χ1) is 19.8. The maximum atomic E-state index is 12.4. The van der Waals surface area contributed by atoms with Gasteiger partial charge < -0.3 is 24.8 Å². The van der Waals surface area contributed by atoms with E-state index in [-0.39, 0.29) is 18.2 Å². The molecule has 0 saturated heterocycles. The van der Waals surface area contributed by atoms with Gasteiger partial charge in [-0.1, -0.05) is 62.4 Å². The number of urea groups is 1. The smallest absolute Gasteiger partial charge is 0.319 e. The van der Waals surface area contributed by atoms with Crippen molar-refractivity contribution in [2.75, 3.05) is 25.3 Å². The zero-order chi connectivity index (χ0) is 28.7. The van der Waals surface area contributed by atoms with Gasteiger partial charge in [0, 0.05) is 23.9 Å². The second-order valence-electron chi connectivity index (χ2n) is 11.2. The number of carbonyl (C=O) groups excluding carboxylic acids is 1. The Morgan fingerprint density at radius 1 is 0.878 bits per heavy atom. The third-order valence-electron chi connectivity index (χ3n) is 7.08. The highest BCUT2D eigenvalue weighted by Crippen LogP contribution is 2.37. The summed E-state index contributed by atoms with van der Waals surface area (Å²) in [4.78, 5) is 17.2. The largest absolute Gasteiger partial charge is 0.478 e. The van der Waals surface area contributed by atoms with Crippen molar-refractivity contribution in [2.24, 2.45) is 5.41 Å². The second-order valence-corrected chi connectivity index (χ2v) is 11.2. The van der Waals surface area contributed by atoms with Crippen LogP contribution in [0.25, 0.3) is 22.4 Å². The topological polar surface area (TPSA) is 81.7 Å². The van der Waals surface area contributed by atoms with Gasteiger partial charge in [0.1, 0.15) is 0 Å². The fourth-order valence-electron chi connectivity index (χ4n) is 4.77. The van der Waals surface area contributed by atoms with Crippen LogP contribution in [0.2, 0.25) is 0 Å². The number of unbranched alkanes of at least 4 members (excludes halogenated alkanes) is 1. The van der Waals surface area contributed by atoms with Crippen molar-refractivity contribution in [3.63, 3.8) is 0 Å². The number of rotatable bonds is 11. The van der Waals surface area contributed by atoms with Crippen LogP contribution >= 0.6 is 0 Å². The predicted octanol–water partition coefficient (Wildman–Crippen LogP) is 7.85. The Labute approximate surface area is 241 Å². The SMILES string of the molecule is Cc1cccc(NC(=O)NCC(C)(C)CCCCOc2cc(-c3ccc4c(c3)OCO4)cc(-c3ccccc3)n2)c1. The highest BCUT2D eigenvalue weighted by Gasteiger charge is 2.19. The van der Waals surface area contributed by atoms with E-state index in [2.05, 4.69) is 30.5 Å². The Hall–Kier alpha value is -4.52. The molecule has 212 valence electrons. The quantitative estimate of drug-likeness (QED) is 0.186. The number of anilines is 1. The number of aromatic nitrogens is 1. The summed E-state index contributed by atoms with van der Waals surface area (Å²) in [5, 5.41) is 5.91. The number of benzene rings is 3. The summed E-state index contributed by atoms with van der Waals surface area (Å²) in [6.07, 6.45) is 2.82. The number of nitrogens with zero attached hydrogens (tertiary/aromatic N) is 1. The number of hydrogen-bond acceptors (Lipinski definition) is 5. The van der Waals surface area contributed by atoms with Crippen molar-refractivity contribution in [1.29, 1.82) is 0 Å². The highest BCUT2D eigenvalue weighted by atomic mass is 16.7. The van der Waals surface area contributed by atoms with Crippen LogP contribution < -0.4 is 24.8 Å². The van der Waals surface area contributed by atoms with Gasteiger partial charge in [0.15, 0.2) is 11.5 Å². The molecule has 2 amide bonds. The summed E-state index contributed by atoms with van der Waals surface area (Å²) < 4.78 is 17.2. The lowest BCUT2D eigenvalue weighted by Gasteiger charge is -2.25. The van der Waals surface area contributed by atoms with Gasteiger partial charge in [0.05, 0.1) is 12.3 Å². The van der Waals surface area contributed by atoms with E-state index in [0.717, 1.165) is 64.4 Å². The average Bonchev–Trinajstić information content (AvgIpc) is 3.44. The summed E-state index contributed by atoms with van der Waals surface area (Å²) in [5.74, 6) is 2.09. The van der Waals surface area contributed by atoms with Gasteiger partial charge >= 0.3 is 6.03 Å². The van der Waals surface area contributed by atoms with Gasteiger partial charge in [0.25, 0.3) is 0 Å². The molecule has 2 heterocycles. The molecule has 0 radical (unpaired) electrons. The Morgan fingerprint density at radius 2 is 1.71 bits per heavy atom. The van der Waals surface area contributed by atoms with E-state index in [1.54, 1.807) is 0 Å². The minimum atomic E-state index is -0.186. The van der Waals surface area contributed by atoms with E-state index in [1.807, 2.05) is 85.8 Å². The molecule has 2 N–H and O–H groups in total. The van der Waals surface area contributed by atoms with Gasteiger partial charge in [0.2, 0.25) is 12.7 Å². The van der Waals surface area contributed by atoms with E-state index in [9.17, 15) is 4.79 Å². The first kappa shape index (κ1) is 28.0. The number of nitrogens with one attached hydrogen (secondary N) is 2. The monoisotopic (exact) mass is 551 g/mol. The molecule has 0 saturated carbocycles. The number of carbonyl (C=O) groups is 1. The first-order valence-electron chi connectivity index (χ1n) is 14.1. The Morgan fingerprint density at radius 3 is 2.54 bits per heavy atom. The molecule has 0 spiro atoms. The maximum Gasteiger partial charge on any atom is 0.319 e. The van der Waals surface area contributed by atoms with E-state index >= 15 is 0 Å². The van der Waals surface area contributed by atoms with Gasteiger partial charge in [-0.2, -0.15) is 0 Å². The Balaban J connectivity index is 1.15. The van der Waals surface area contributed by atoms with Crippen molar-refractivity contribution in [3.8, 4) is 39.8 Å². The minimum absolute atomic E-state index is 0.0397. The molecular weight excluding hydrogens is 514 g/mol. The van der Waals surface area contributed by atoms with Crippen molar-refractivity contribution in [2.45, 2.75) is 40.0 Å². The van der Waals surface area contributed by atoms with Crippen LogP contribution in [0.3, 0.4) is 0 Å². The normalized spacial score (nSPS) is 12.2. The zero-order valence-corrected chi connectivity index (χ0v) is 23.9. The molecule has 1 aromatic heterocycles. The molecule has 0 unspecified atom stereocenters. The molecule has 3 aromatic carbocycles. The third kappa shape index (κ3) is 7.78. The number of fused-ring (bicyclic) bond motifs is 1. The van der Waals surface area contributed by atoms with E-state index in [0.29, 0.717) is 19.0 Å². The fourth-order valence-corrected chi connectivity index (χ4v) is 4.77. The first-order valence-corrected chi connectivity index (χ1v) is 14.1. The Bertz CT molecular complexity index is 1490. The molecule has 1 aliphatic heterocycles. The maximum absolute atomic E-state index is 12.4. The molecule has 7 nitrogen and oxygen atoms in total. The summed E-state index contributed by atoms with van der Waals surface area (Å²) in [5.41, 5.74) is 5.76. The fraction of sp³-hybridized carbons (Fsp3) is 0.294. The highest BCUT2D eigenvalue weighted by molar-refractivity contribution is 5.89. The number of ether oxygens (including phenoxy) is 3. The standard InChI is InChI=1S/C34H37N3O4/c1-24-10-9-13-28(18-24)36-33(38)35-22-34(2,3)16-7-8-17-39-32-21-27(19-29(37-32)25-11-5-4-6-12-25)26-14-15-30-31(20-26)41-23-40-30/h4-6,9-15,18-21H,7-8,16-17,22-23H2,1-3H3,(H2,35,36,38). The van der Waals surface area contributed by atoms with E-state index < -0.39 is 0 Å². The van der Waals surface area contributed by atoms with E-state index in [4.69, 9.17) is 19.2 Å². The average molecular weight is 552 g/mol. The number of pyridine rings is 1.